The van der Waals surface area contributed by atoms with E-state index in [1.54, 1.807) is 7.11 Å². The van der Waals surface area contributed by atoms with Gasteiger partial charge in [0.25, 0.3) is 0 Å². The SMILES string of the molecule is CCC[N+](CCC)(CCCCCCCN(CC)CC(=O)Nc1c(C)c(C)c(OC)c(C)c1C)CC(=O)Cc1c(C)cccc1C. The summed E-state index contributed by atoms with van der Waals surface area (Å²) >= 11 is 0. The molecule has 0 radical (unpaired) electrons. The first-order valence-corrected chi connectivity index (χ1v) is 17.5. The Bertz CT molecular complexity index is 1200. The van der Waals surface area contributed by atoms with Gasteiger partial charge in [-0.1, -0.05) is 51.8 Å². The van der Waals surface area contributed by atoms with Crippen molar-refractivity contribution >= 4 is 17.4 Å². The van der Waals surface area contributed by atoms with Crippen molar-refractivity contribution in [1.82, 2.24) is 4.90 Å². The van der Waals surface area contributed by atoms with E-state index in [1.165, 1.54) is 36.0 Å². The van der Waals surface area contributed by atoms with Crippen molar-refractivity contribution in [2.45, 2.75) is 114 Å². The molecule has 2 aromatic rings. The molecule has 0 aliphatic rings. The number of ether oxygens (including phenoxy) is 1. The standard InChI is InChI=1S/C39H63N3O3/c1-11-23-42(24-12-2,28-35(43)26-36-29(4)20-19-21-30(36)5)25-18-16-14-15-17-22-41(13-3)27-37(44)40-38-31(6)33(8)39(45-10)34(9)32(38)7/h19-21H,11-18,22-28H2,1-10H3/p+1. The van der Waals surface area contributed by atoms with Crippen LogP contribution in [0.3, 0.4) is 0 Å². The van der Waals surface area contributed by atoms with Crippen LogP contribution in [-0.2, 0) is 16.0 Å². The first kappa shape index (κ1) is 38.5. The fourth-order valence-corrected chi connectivity index (χ4v) is 7.09. The number of carbonyl (C=O) groups excluding carboxylic acids is 2. The highest BCUT2D eigenvalue weighted by molar-refractivity contribution is 5.94. The van der Waals surface area contributed by atoms with Crippen molar-refractivity contribution in [3.63, 3.8) is 0 Å². The summed E-state index contributed by atoms with van der Waals surface area (Å²) < 4.78 is 6.54. The van der Waals surface area contributed by atoms with Gasteiger partial charge in [-0.2, -0.15) is 0 Å². The highest BCUT2D eigenvalue weighted by atomic mass is 16.5. The third-order valence-electron chi connectivity index (χ3n) is 9.87. The topological polar surface area (TPSA) is 58.6 Å². The molecule has 6 heteroatoms. The van der Waals surface area contributed by atoms with E-state index in [2.05, 4.69) is 76.9 Å². The number of unbranched alkanes of at least 4 members (excludes halogenated alkanes) is 4. The van der Waals surface area contributed by atoms with Gasteiger partial charge in [0.15, 0.2) is 5.78 Å². The number of anilines is 1. The molecule has 0 spiro atoms. The van der Waals surface area contributed by atoms with Crippen LogP contribution in [0.25, 0.3) is 0 Å². The molecule has 0 aliphatic heterocycles. The number of hydrogen-bond acceptors (Lipinski definition) is 4. The van der Waals surface area contributed by atoms with Crippen molar-refractivity contribution in [2.75, 3.05) is 58.2 Å². The van der Waals surface area contributed by atoms with E-state index in [0.29, 0.717) is 25.3 Å². The number of methoxy groups -OCH3 is 1. The molecule has 0 saturated carbocycles. The molecule has 0 atom stereocenters. The van der Waals surface area contributed by atoms with E-state index in [4.69, 9.17) is 4.74 Å². The lowest BCUT2D eigenvalue weighted by molar-refractivity contribution is -0.921. The van der Waals surface area contributed by atoms with Gasteiger partial charge in [-0.3, -0.25) is 14.5 Å². The van der Waals surface area contributed by atoms with Crippen molar-refractivity contribution in [1.29, 1.82) is 0 Å². The van der Waals surface area contributed by atoms with Crippen LogP contribution < -0.4 is 10.1 Å². The molecule has 2 rings (SSSR count). The number of ketones is 1. The Morgan fingerprint density at radius 2 is 1.33 bits per heavy atom. The number of likely N-dealkylation sites (N-methyl/N-ethyl adjacent to an activating group) is 1. The Kier molecular flexibility index (Phi) is 16.3. The number of Topliss-reactive ketones (excluding diaryl/α,β-unsaturated/α-hetero) is 1. The second kappa shape index (κ2) is 19.1. The molecule has 0 saturated heterocycles. The zero-order valence-corrected chi connectivity index (χ0v) is 30.5. The Labute approximate surface area is 275 Å². The third-order valence-corrected chi connectivity index (χ3v) is 9.87. The van der Waals surface area contributed by atoms with Gasteiger partial charge in [0.05, 0.1) is 33.3 Å². The van der Waals surface area contributed by atoms with Crippen molar-refractivity contribution in [2.24, 2.45) is 0 Å². The van der Waals surface area contributed by atoms with Crippen LogP contribution in [0, 0.1) is 41.5 Å². The van der Waals surface area contributed by atoms with E-state index in [0.717, 1.165) is 96.6 Å². The molecule has 2 aromatic carbocycles. The zero-order chi connectivity index (χ0) is 33.6. The summed E-state index contributed by atoms with van der Waals surface area (Å²) in [4.78, 5) is 28.6. The molecule has 0 aromatic heterocycles. The maximum Gasteiger partial charge on any atom is 0.238 e. The quantitative estimate of drug-likeness (QED) is 0.113. The number of quaternary nitrogens is 1. The van der Waals surface area contributed by atoms with Crippen LogP contribution in [0.15, 0.2) is 18.2 Å². The van der Waals surface area contributed by atoms with Crippen LogP contribution in [0.2, 0.25) is 0 Å². The van der Waals surface area contributed by atoms with E-state index < -0.39 is 0 Å². The summed E-state index contributed by atoms with van der Waals surface area (Å²) in [5.74, 6) is 1.32. The monoisotopic (exact) mass is 622 g/mol. The van der Waals surface area contributed by atoms with Crippen LogP contribution >= 0.6 is 0 Å². The van der Waals surface area contributed by atoms with Gasteiger partial charge in [0, 0.05) is 12.1 Å². The molecule has 0 heterocycles. The van der Waals surface area contributed by atoms with Crippen molar-refractivity contribution < 1.29 is 18.8 Å². The number of amides is 1. The van der Waals surface area contributed by atoms with Crippen LogP contribution in [0.1, 0.15) is 105 Å². The highest BCUT2D eigenvalue weighted by Crippen LogP contribution is 2.35. The Morgan fingerprint density at radius 1 is 0.778 bits per heavy atom. The smallest absolute Gasteiger partial charge is 0.238 e. The molecule has 252 valence electrons. The van der Waals surface area contributed by atoms with E-state index in [-0.39, 0.29) is 5.91 Å². The van der Waals surface area contributed by atoms with Crippen LogP contribution in [0.5, 0.6) is 5.75 Å². The van der Waals surface area contributed by atoms with E-state index in [1.807, 2.05) is 13.8 Å². The highest BCUT2D eigenvalue weighted by Gasteiger charge is 2.29. The Morgan fingerprint density at radius 3 is 1.87 bits per heavy atom. The zero-order valence-electron chi connectivity index (χ0n) is 30.5. The minimum atomic E-state index is 0.0418. The number of benzene rings is 2. The minimum absolute atomic E-state index is 0.0418. The lowest BCUT2D eigenvalue weighted by Crippen LogP contribution is -2.53. The van der Waals surface area contributed by atoms with Gasteiger partial charge < -0.3 is 14.5 Å². The van der Waals surface area contributed by atoms with Crippen molar-refractivity contribution in [3.05, 3.63) is 57.1 Å². The fourth-order valence-electron chi connectivity index (χ4n) is 7.09. The predicted octanol–water partition coefficient (Wildman–Crippen LogP) is 8.21. The maximum absolute atomic E-state index is 13.4. The lowest BCUT2D eigenvalue weighted by atomic mass is 9.97. The number of nitrogens with zero attached hydrogens (tertiary/aromatic N) is 2. The maximum atomic E-state index is 13.4. The Balaban J connectivity index is 1.83. The molecule has 45 heavy (non-hydrogen) atoms. The summed E-state index contributed by atoms with van der Waals surface area (Å²) in [5.41, 5.74) is 8.86. The second-order valence-electron chi connectivity index (χ2n) is 13.3. The summed E-state index contributed by atoms with van der Waals surface area (Å²) in [5, 5.41) is 3.20. The number of nitrogens with one attached hydrogen (secondary N) is 1. The molecule has 1 N–H and O–H groups in total. The number of carbonyl (C=O) groups is 2. The Hall–Kier alpha value is -2.70. The molecule has 0 bridgehead atoms. The number of aryl methyl sites for hydroxylation is 2. The molecule has 1 amide bonds. The average molecular weight is 623 g/mol. The first-order valence-electron chi connectivity index (χ1n) is 17.5. The van der Waals surface area contributed by atoms with Gasteiger partial charge >= 0.3 is 0 Å². The first-order chi connectivity index (χ1) is 21.4. The van der Waals surface area contributed by atoms with Gasteiger partial charge in [0.1, 0.15) is 12.3 Å². The molecule has 6 nitrogen and oxygen atoms in total. The minimum Gasteiger partial charge on any atom is -0.496 e. The predicted molar refractivity (Wildman–Crippen MR) is 191 cm³/mol. The molecule has 0 unspecified atom stereocenters. The van der Waals surface area contributed by atoms with Gasteiger partial charge in [-0.25, -0.2) is 0 Å². The number of hydrogen-bond donors (Lipinski definition) is 1. The van der Waals surface area contributed by atoms with Gasteiger partial charge in [0.2, 0.25) is 5.91 Å². The van der Waals surface area contributed by atoms with Gasteiger partial charge in [-0.15, -0.1) is 0 Å². The van der Waals surface area contributed by atoms with Gasteiger partial charge in [-0.05, 0) is 126 Å². The fraction of sp³-hybridized carbons (Fsp3) is 0.641. The second-order valence-corrected chi connectivity index (χ2v) is 13.3. The molecule has 0 aliphatic carbocycles. The lowest BCUT2D eigenvalue weighted by Gasteiger charge is -2.38. The average Bonchev–Trinajstić information content (AvgIpc) is 2.99. The summed E-state index contributed by atoms with van der Waals surface area (Å²) in [6, 6.07) is 6.32. The summed E-state index contributed by atoms with van der Waals surface area (Å²) in [6.07, 6.45) is 8.58. The molecule has 0 fully saturated rings. The largest absolute Gasteiger partial charge is 0.496 e. The molecular formula is C39H64N3O3+. The van der Waals surface area contributed by atoms with Crippen LogP contribution in [0.4, 0.5) is 5.69 Å². The summed E-state index contributed by atoms with van der Waals surface area (Å²) in [7, 11) is 1.70. The number of rotatable bonds is 21. The van der Waals surface area contributed by atoms with Crippen molar-refractivity contribution in [3.8, 4) is 5.75 Å². The normalized spacial score (nSPS) is 11.7. The van der Waals surface area contributed by atoms with Crippen LogP contribution in [-0.4, -0.2) is 74.0 Å². The third kappa shape index (κ3) is 11.2. The molecular weight excluding hydrogens is 558 g/mol. The summed E-state index contributed by atoms with van der Waals surface area (Å²) in [6.45, 7) is 25.2. The van der Waals surface area contributed by atoms with E-state index >= 15 is 0 Å². The van der Waals surface area contributed by atoms with E-state index in [9.17, 15) is 9.59 Å².